The number of rotatable bonds is 3. The van der Waals surface area contributed by atoms with Crippen LogP contribution in [-0.4, -0.2) is 5.78 Å². The van der Waals surface area contributed by atoms with E-state index in [0.717, 1.165) is 0 Å². The molecule has 0 bridgehead atoms. The predicted octanol–water partition coefficient (Wildman–Crippen LogP) is 3.49. The van der Waals surface area contributed by atoms with Crippen molar-refractivity contribution in [3.63, 3.8) is 0 Å². The van der Waals surface area contributed by atoms with Gasteiger partial charge in [0.2, 0.25) is 0 Å². The summed E-state index contributed by atoms with van der Waals surface area (Å²) in [5.74, 6) is -0.499. The van der Waals surface area contributed by atoms with Gasteiger partial charge in [-0.25, -0.2) is 4.39 Å². The highest BCUT2D eigenvalue weighted by Gasteiger charge is 2.09. The molecule has 0 atom stereocenters. The quantitative estimate of drug-likeness (QED) is 0.680. The number of Topliss-reactive ketones (excluding diaryl/α,β-unsaturated/α-hetero) is 1. The SMILES string of the molecule is Nc1cc(Cl)cc(C(=O)Cc2cccc(F)c2)c1. The van der Waals surface area contributed by atoms with Gasteiger partial charge in [0.1, 0.15) is 5.82 Å². The van der Waals surface area contributed by atoms with Crippen molar-refractivity contribution in [2.75, 3.05) is 5.73 Å². The van der Waals surface area contributed by atoms with Crippen LogP contribution in [0, 0.1) is 5.82 Å². The Morgan fingerprint density at radius 3 is 2.67 bits per heavy atom. The maximum absolute atomic E-state index is 13.0. The van der Waals surface area contributed by atoms with E-state index in [0.29, 0.717) is 21.8 Å². The number of nitrogen functional groups attached to an aromatic ring is 1. The van der Waals surface area contributed by atoms with E-state index < -0.39 is 0 Å². The molecular weight excluding hydrogens is 253 g/mol. The van der Waals surface area contributed by atoms with E-state index >= 15 is 0 Å². The van der Waals surface area contributed by atoms with Gasteiger partial charge in [-0.05, 0) is 35.9 Å². The summed E-state index contributed by atoms with van der Waals surface area (Å²) >= 11 is 5.83. The molecule has 2 aromatic rings. The Morgan fingerprint density at radius 2 is 2.00 bits per heavy atom. The maximum Gasteiger partial charge on any atom is 0.167 e. The third-order valence-corrected chi connectivity index (χ3v) is 2.71. The number of anilines is 1. The van der Waals surface area contributed by atoms with E-state index in [1.54, 1.807) is 30.3 Å². The molecule has 0 saturated carbocycles. The lowest BCUT2D eigenvalue weighted by Gasteiger charge is -2.04. The summed E-state index contributed by atoms with van der Waals surface area (Å²) in [4.78, 5) is 12.0. The topological polar surface area (TPSA) is 43.1 Å². The molecule has 0 fully saturated rings. The molecule has 18 heavy (non-hydrogen) atoms. The van der Waals surface area contributed by atoms with Crippen molar-refractivity contribution in [1.82, 2.24) is 0 Å². The second-order valence-corrected chi connectivity index (χ2v) is 4.44. The van der Waals surface area contributed by atoms with Crippen LogP contribution < -0.4 is 5.73 Å². The summed E-state index contributed by atoms with van der Waals surface area (Å²) in [5.41, 5.74) is 7.11. The van der Waals surface area contributed by atoms with Gasteiger partial charge in [-0.2, -0.15) is 0 Å². The molecular formula is C14H11ClFNO. The molecule has 0 aromatic heterocycles. The lowest BCUT2D eigenvalue weighted by atomic mass is 10.0. The molecule has 0 amide bonds. The maximum atomic E-state index is 13.0. The Balaban J connectivity index is 2.22. The van der Waals surface area contributed by atoms with E-state index in [9.17, 15) is 9.18 Å². The van der Waals surface area contributed by atoms with Crippen LogP contribution in [0.2, 0.25) is 5.02 Å². The molecule has 2 rings (SSSR count). The second kappa shape index (κ2) is 5.19. The molecule has 0 radical (unpaired) electrons. The number of nitrogens with two attached hydrogens (primary N) is 1. The first-order valence-corrected chi connectivity index (χ1v) is 5.76. The number of hydrogen-bond acceptors (Lipinski definition) is 2. The van der Waals surface area contributed by atoms with E-state index in [2.05, 4.69) is 0 Å². The zero-order valence-corrected chi connectivity index (χ0v) is 10.2. The first kappa shape index (κ1) is 12.6. The molecule has 4 heteroatoms. The molecule has 0 spiro atoms. The fourth-order valence-corrected chi connectivity index (χ4v) is 1.95. The average Bonchev–Trinajstić information content (AvgIpc) is 2.27. The lowest BCUT2D eigenvalue weighted by molar-refractivity contribution is 0.0993. The van der Waals surface area contributed by atoms with Gasteiger partial charge in [0.05, 0.1) is 0 Å². The van der Waals surface area contributed by atoms with Gasteiger partial charge in [-0.15, -0.1) is 0 Å². The van der Waals surface area contributed by atoms with Gasteiger partial charge in [0.25, 0.3) is 0 Å². The van der Waals surface area contributed by atoms with Crippen molar-refractivity contribution in [3.05, 3.63) is 64.4 Å². The molecule has 0 unspecified atom stereocenters. The highest BCUT2D eigenvalue weighted by atomic mass is 35.5. The van der Waals surface area contributed by atoms with Crippen LogP contribution in [0.5, 0.6) is 0 Å². The first-order valence-electron chi connectivity index (χ1n) is 5.38. The van der Waals surface area contributed by atoms with E-state index in [4.69, 9.17) is 17.3 Å². The predicted molar refractivity (Wildman–Crippen MR) is 70.3 cm³/mol. The zero-order chi connectivity index (χ0) is 13.1. The molecule has 0 saturated heterocycles. The van der Waals surface area contributed by atoms with Crippen molar-refractivity contribution >= 4 is 23.1 Å². The minimum absolute atomic E-state index is 0.123. The van der Waals surface area contributed by atoms with Crippen molar-refractivity contribution < 1.29 is 9.18 Å². The summed E-state index contributed by atoms with van der Waals surface area (Å²) in [7, 11) is 0. The fourth-order valence-electron chi connectivity index (χ4n) is 1.71. The molecule has 92 valence electrons. The Hall–Kier alpha value is -1.87. The number of halogens is 2. The van der Waals surface area contributed by atoms with Gasteiger partial charge < -0.3 is 5.73 Å². The van der Waals surface area contributed by atoms with Crippen LogP contribution in [0.15, 0.2) is 42.5 Å². The second-order valence-electron chi connectivity index (χ2n) is 4.00. The molecule has 0 aliphatic heterocycles. The fraction of sp³-hybridized carbons (Fsp3) is 0.0714. The highest BCUT2D eigenvalue weighted by Crippen LogP contribution is 2.18. The number of carbonyl (C=O) groups is 1. The molecule has 2 N–H and O–H groups in total. The number of hydrogen-bond donors (Lipinski definition) is 1. The summed E-state index contributed by atoms with van der Waals surface area (Å²) in [6, 6.07) is 10.6. The van der Waals surface area contributed by atoms with E-state index in [1.165, 1.54) is 12.1 Å². The van der Waals surface area contributed by atoms with E-state index in [-0.39, 0.29) is 18.0 Å². The highest BCUT2D eigenvalue weighted by molar-refractivity contribution is 6.31. The van der Waals surface area contributed by atoms with Crippen molar-refractivity contribution in [2.45, 2.75) is 6.42 Å². The first-order chi connectivity index (χ1) is 8.54. The number of carbonyl (C=O) groups excluding carboxylic acids is 1. The smallest absolute Gasteiger partial charge is 0.167 e. The normalized spacial score (nSPS) is 10.3. The van der Waals surface area contributed by atoms with Crippen LogP contribution in [0.25, 0.3) is 0 Å². The lowest BCUT2D eigenvalue weighted by Crippen LogP contribution is -2.04. The largest absolute Gasteiger partial charge is 0.399 e. The number of benzene rings is 2. The Morgan fingerprint density at radius 1 is 1.22 bits per heavy atom. The van der Waals surface area contributed by atoms with Crippen LogP contribution in [-0.2, 0) is 6.42 Å². The summed E-state index contributed by atoms with van der Waals surface area (Å²) < 4.78 is 13.0. The van der Waals surface area contributed by atoms with Crippen LogP contribution in [0.3, 0.4) is 0 Å². The van der Waals surface area contributed by atoms with Crippen molar-refractivity contribution in [1.29, 1.82) is 0 Å². The van der Waals surface area contributed by atoms with Gasteiger partial charge in [0, 0.05) is 22.7 Å². The third kappa shape index (κ3) is 3.08. The standard InChI is InChI=1S/C14H11ClFNO/c15-11-6-10(7-13(17)8-11)14(18)5-9-2-1-3-12(16)4-9/h1-4,6-8H,5,17H2. The van der Waals surface area contributed by atoms with Crippen molar-refractivity contribution in [2.24, 2.45) is 0 Å². The zero-order valence-electron chi connectivity index (χ0n) is 9.49. The van der Waals surface area contributed by atoms with Gasteiger partial charge >= 0.3 is 0 Å². The number of ketones is 1. The van der Waals surface area contributed by atoms with Crippen LogP contribution in [0.1, 0.15) is 15.9 Å². The minimum atomic E-state index is -0.356. The van der Waals surface area contributed by atoms with Crippen LogP contribution >= 0.6 is 11.6 Å². The van der Waals surface area contributed by atoms with Crippen molar-refractivity contribution in [3.8, 4) is 0 Å². The van der Waals surface area contributed by atoms with Gasteiger partial charge in [-0.1, -0.05) is 23.7 Å². The Bertz CT molecular complexity index is 578. The van der Waals surface area contributed by atoms with Gasteiger partial charge in [0.15, 0.2) is 5.78 Å². The molecule has 2 nitrogen and oxygen atoms in total. The molecule has 0 heterocycles. The molecule has 0 aliphatic rings. The Kier molecular flexibility index (Phi) is 3.63. The molecule has 2 aromatic carbocycles. The average molecular weight is 264 g/mol. The van der Waals surface area contributed by atoms with Gasteiger partial charge in [-0.3, -0.25) is 4.79 Å². The summed E-state index contributed by atoms with van der Waals surface area (Å²) in [5, 5.41) is 0.414. The summed E-state index contributed by atoms with van der Waals surface area (Å²) in [6.45, 7) is 0. The summed E-state index contributed by atoms with van der Waals surface area (Å²) in [6.07, 6.45) is 0.123. The monoisotopic (exact) mass is 263 g/mol. The third-order valence-electron chi connectivity index (χ3n) is 2.50. The molecule has 0 aliphatic carbocycles. The van der Waals surface area contributed by atoms with E-state index in [1.807, 2.05) is 0 Å². The minimum Gasteiger partial charge on any atom is -0.399 e. The van der Waals surface area contributed by atoms with Crippen LogP contribution in [0.4, 0.5) is 10.1 Å². The Labute approximate surface area is 109 Å².